The molecule has 4 rings (SSSR count). The van der Waals surface area contributed by atoms with Gasteiger partial charge in [0.1, 0.15) is 22.0 Å². The highest BCUT2D eigenvalue weighted by atomic mass is 32.2. The van der Waals surface area contributed by atoms with E-state index < -0.39 is 30.2 Å². The molecule has 43 heavy (non-hydrogen) atoms. The summed E-state index contributed by atoms with van der Waals surface area (Å²) in [5.74, 6) is 1.12. The standard InChI is InChI=1S/C32H28N2O8S/c1-41-29-17-9-25(10-18-29)31(21-7-23-3-13-27(14-4-23)33(35)36)43(39,40)32(26-11-19-30(42-2)20-12-26)22-8-24-5-15-28(16-6-24)34(37)38/h3-22,31-32H,1-2H3. The Balaban J connectivity index is 1.81. The van der Waals surface area contributed by atoms with Gasteiger partial charge >= 0.3 is 0 Å². The molecule has 0 radical (unpaired) electrons. The first-order chi connectivity index (χ1) is 20.6. The van der Waals surface area contributed by atoms with Crippen LogP contribution in [0.3, 0.4) is 0 Å². The molecule has 0 amide bonds. The van der Waals surface area contributed by atoms with E-state index >= 15 is 0 Å². The quantitative estimate of drug-likeness (QED) is 0.123. The average Bonchev–Trinajstić information content (AvgIpc) is 3.02. The molecular formula is C32H28N2O8S. The summed E-state index contributed by atoms with van der Waals surface area (Å²) in [6, 6.07) is 25.0. The summed E-state index contributed by atoms with van der Waals surface area (Å²) < 4.78 is 39.6. The van der Waals surface area contributed by atoms with Gasteiger partial charge in [-0.15, -0.1) is 0 Å². The van der Waals surface area contributed by atoms with Crippen molar-refractivity contribution >= 4 is 33.4 Å². The van der Waals surface area contributed by atoms with E-state index in [2.05, 4.69) is 0 Å². The van der Waals surface area contributed by atoms with Crippen LogP contribution in [0, 0.1) is 20.2 Å². The van der Waals surface area contributed by atoms with Gasteiger partial charge in [-0.3, -0.25) is 20.2 Å². The first kappa shape index (κ1) is 30.7. The van der Waals surface area contributed by atoms with Crippen molar-refractivity contribution in [3.8, 4) is 11.5 Å². The number of nitro benzene ring substituents is 2. The highest BCUT2D eigenvalue weighted by Crippen LogP contribution is 2.38. The number of rotatable bonds is 12. The van der Waals surface area contributed by atoms with Crippen molar-refractivity contribution < 1.29 is 27.7 Å². The molecule has 0 saturated carbocycles. The van der Waals surface area contributed by atoms with Gasteiger partial charge in [0, 0.05) is 24.3 Å². The second-order valence-corrected chi connectivity index (χ2v) is 11.6. The van der Waals surface area contributed by atoms with Crippen molar-refractivity contribution in [1.29, 1.82) is 0 Å². The zero-order chi connectivity index (χ0) is 31.0. The van der Waals surface area contributed by atoms with Crippen LogP contribution in [-0.4, -0.2) is 32.5 Å². The molecule has 11 heteroatoms. The van der Waals surface area contributed by atoms with E-state index in [1.165, 1.54) is 38.5 Å². The van der Waals surface area contributed by atoms with Crippen LogP contribution in [-0.2, 0) is 9.84 Å². The maximum absolute atomic E-state index is 14.5. The number of ether oxygens (including phenoxy) is 2. The molecule has 0 aliphatic heterocycles. The summed E-state index contributed by atoms with van der Waals surface area (Å²) in [6.07, 6.45) is 6.33. The lowest BCUT2D eigenvalue weighted by molar-refractivity contribution is -0.385. The number of benzene rings is 4. The lowest BCUT2D eigenvalue weighted by Gasteiger charge is -2.22. The van der Waals surface area contributed by atoms with E-state index in [9.17, 15) is 28.6 Å². The van der Waals surface area contributed by atoms with Crippen LogP contribution in [0.1, 0.15) is 32.8 Å². The summed E-state index contributed by atoms with van der Waals surface area (Å²) in [4.78, 5) is 21.1. The molecule has 220 valence electrons. The van der Waals surface area contributed by atoms with Gasteiger partial charge in [-0.05, 0) is 70.8 Å². The summed E-state index contributed by atoms with van der Waals surface area (Å²) in [5.41, 5.74) is 1.99. The van der Waals surface area contributed by atoms with E-state index in [0.29, 0.717) is 33.8 Å². The summed E-state index contributed by atoms with van der Waals surface area (Å²) >= 11 is 0. The van der Waals surface area contributed by atoms with E-state index in [1.807, 2.05) is 0 Å². The smallest absolute Gasteiger partial charge is 0.269 e. The molecule has 0 heterocycles. The number of non-ortho nitro benzene ring substituents is 2. The Morgan fingerprint density at radius 3 is 1.19 bits per heavy atom. The van der Waals surface area contributed by atoms with Crippen LogP contribution in [0.25, 0.3) is 12.2 Å². The Hall–Kier alpha value is -5.29. The number of methoxy groups -OCH3 is 2. The number of sulfone groups is 1. The molecule has 0 saturated heterocycles. The van der Waals surface area contributed by atoms with Crippen molar-refractivity contribution in [3.63, 3.8) is 0 Å². The van der Waals surface area contributed by atoms with Crippen LogP contribution in [0.5, 0.6) is 11.5 Å². The molecule has 0 fully saturated rings. The van der Waals surface area contributed by atoms with E-state index in [-0.39, 0.29) is 11.4 Å². The highest BCUT2D eigenvalue weighted by Gasteiger charge is 2.33. The van der Waals surface area contributed by atoms with Gasteiger partial charge in [0.25, 0.3) is 11.4 Å². The lowest BCUT2D eigenvalue weighted by atomic mass is 10.1. The highest BCUT2D eigenvalue weighted by molar-refractivity contribution is 7.92. The number of hydrogen-bond acceptors (Lipinski definition) is 8. The van der Waals surface area contributed by atoms with Gasteiger partial charge in [0.2, 0.25) is 0 Å². The van der Waals surface area contributed by atoms with E-state index in [1.54, 1.807) is 97.1 Å². The Bertz CT molecular complexity index is 1610. The molecule has 0 bridgehead atoms. The molecule has 0 spiro atoms. The molecule has 0 aliphatic carbocycles. The minimum absolute atomic E-state index is 0.0765. The second-order valence-electron chi connectivity index (χ2n) is 9.39. The molecule has 0 N–H and O–H groups in total. The first-order valence-electron chi connectivity index (χ1n) is 13.0. The third kappa shape index (κ3) is 7.52. The minimum atomic E-state index is -4.06. The third-order valence-corrected chi connectivity index (χ3v) is 9.01. The monoisotopic (exact) mass is 600 g/mol. The Morgan fingerprint density at radius 2 is 0.907 bits per heavy atom. The molecule has 4 aromatic rings. The van der Waals surface area contributed by atoms with Crippen molar-refractivity contribution in [2.45, 2.75) is 10.5 Å². The number of nitrogens with zero attached hydrogens (tertiary/aromatic N) is 2. The Morgan fingerprint density at radius 1 is 0.581 bits per heavy atom. The predicted octanol–water partition coefficient (Wildman–Crippen LogP) is 7.14. The maximum atomic E-state index is 14.5. The largest absolute Gasteiger partial charge is 0.497 e. The SMILES string of the molecule is COc1ccc(C(C=Cc2ccc([N+](=O)[O-])cc2)S(=O)(=O)C(C=Cc2ccc([N+](=O)[O-])cc2)c2ccc(OC)cc2)cc1. The third-order valence-electron chi connectivity index (χ3n) is 6.73. The Labute approximate surface area is 248 Å². The normalized spacial score (nSPS) is 13.1. The zero-order valence-corrected chi connectivity index (χ0v) is 24.1. The van der Waals surface area contributed by atoms with Crippen LogP contribution in [0.2, 0.25) is 0 Å². The van der Waals surface area contributed by atoms with Gasteiger partial charge in [-0.25, -0.2) is 8.42 Å². The van der Waals surface area contributed by atoms with Gasteiger partial charge < -0.3 is 9.47 Å². The van der Waals surface area contributed by atoms with Gasteiger partial charge in [-0.2, -0.15) is 0 Å². The molecule has 4 aromatic carbocycles. The van der Waals surface area contributed by atoms with Crippen LogP contribution in [0.15, 0.2) is 109 Å². The van der Waals surface area contributed by atoms with E-state index in [0.717, 1.165) is 0 Å². The fraction of sp³-hybridized carbons (Fsp3) is 0.125. The average molecular weight is 601 g/mol. The van der Waals surface area contributed by atoms with Crippen molar-refractivity contribution in [2.24, 2.45) is 0 Å². The fourth-order valence-electron chi connectivity index (χ4n) is 4.38. The summed E-state index contributed by atoms with van der Waals surface area (Å²) in [5, 5.41) is 19.9. The first-order valence-corrected chi connectivity index (χ1v) is 14.6. The summed E-state index contributed by atoms with van der Waals surface area (Å²) in [6.45, 7) is 0. The zero-order valence-electron chi connectivity index (χ0n) is 23.3. The fourth-order valence-corrected chi connectivity index (χ4v) is 6.36. The second kappa shape index (κ2) is 13.6. The van der Waals surface area contributed by atoms with Crippen LogP contribution >= 0.6 is 0 Å². The Kier molecular flexibility index (Phi) is 9.68. The lowest BCUT2D eigenvalue weighted by Crippen LogP contribution is -2.19. The van der Waals surface area contributed by atoms with Crippen molar-refractivity contribution in [2.75, 3.05) is 14.2 Å². The maximum Gasteiger partial charge on any atom is 0.269 e. The topological polar surface area (TPSA) is 139 Å². The molecule has 2 unspecified atom stereocenters. The van der Waals surface area contributed by atoms with Crippen molar-refractivity contribution in [1.82, 2.24) is 0 Å². The molecular weight excluding hydrogens is 572 g/mol. The van der Waals surface area contributed by atoms with Gasteiger partial charge in [0.05, 0.1) is 24.1 Å². The van der Waals surface area contributed by atoms with Crippen molar-refractivity contribution in [3.05, 3.63) is 152 Å². The van der Waals surface area contributed by atoms with Crippen LogP contribution in [0.4, 0.5) is 11.4 Å². The van der Waals surface area contributed by atoms with Gasteiger partial charge in [0.15, 0.2) is 9.84 Å². The predicted molar refractivity (Wildman–Crippen MR) is 165 cm³/mol. The minimum Gasteiger partial charge on any atom is -0.497 e. The van der Waals surface area contributed by atoms with E-state index in [4.69, 9.17) is 9.47 Å². The van der Waals surface area contributed by atoms with Gasteiger partial charge in [-0.1, -0.05) is 48.6 Å². The molecule has 0 aromatic heterocycles. The molecule has 10 nitrogen and oxygen atoms in total. The van der Waals surface area contributed by atoms with Crippen LogP contribution < -0.4 is 9.47 Å². The molecule has 0 aliphatic rings. The number of hydrogen-bond donors (Lipinski definition) is 0. The number of nitro groups is 2. The summed E-state index contributed by atoms with van der Waals surface area (Å²) in [7, 11) is -1.03. The molecule has 2 atom stereocenters.